The van der Waals surface area contributed by atoms with Crippen LogP contribution in [-0.2, 0) is 0 Å². The highest BCUT2D eigenvalue weighted by Gasteiger charge is 2.19. The molecular weight excluding hydrogens is 222 g/mol. The molecule has 0 saturated carbocycles. The predicted molar refractivity (Wildman–Crippen MR) is 66.5 cm³/mol. The van der Waals surface area contributed by atoms with Crippen molar-refractivity contribution in [3.63, 3.8) is 0 Å². The summed E-state index contributed by atoms with van der Waals surface area (Å²) < 4.78 is 0. The van der Waals surface area contributed by atoms with Gasteiger partial charge in [0.05, 0.1) is 16.6 Å². The van der Waals surface area contributed by atoms with Gasteiger partial charge >= 0.3 is 0 Å². The van der Waals surface area contributed by atoms with Crippen molar-refractivity contribution in [1.29, 1.82) is 0 Å². The second-order valence-electron chi connectivity index (χ2n) is 4.05. The lowest BCUT2D eigenvalue weighted by Gasteiger charge is -2.19. The molecule has 0 radical (unpaired) electrons. The first-order chi connectivity index (χ1) is 7.61. The number of nitrogens with one attached hydrogen (secondary N) is 1. The minimum Gasteiger partial charge on any atom is -0.388 e. The highest BCUT2D eigenvalue weighted by Crippen LogP contribution is 2.22. The second-order valence-corrected chi connectivity index (χ2v) is 5.01. The molecule has 0 aliphatic carbocycles. The lowest BCUT2D eigenvalue weighted by atomic mass is 10.1. The topological polar surface area (TPSA) is 74.9 Å². The number of nitrogens with two attached hydrogens (primary N) is 1. The summed E-state index contributed by atoms with van der Waals surface area (Å²) in [5, 5.41) is 10.6. The SMILES string of the molecule is CC(O)(CN)CSc1nc2ccccc2[nH]1. The third-order valence-corrected chi connectivity index (χ3v) is 3.56. The lowest BCUT2D eigenvalue weighted by Crippen LogP contribution is -2.36. The van der Waals surface area contributed by atoms with Crippen molar-refractivity contribution in [1.82, 2.24) is 9.97 Å². The van der Waals surface area contributed by atoms with E-state index in [2.05, 4.69) is 9.97 Å². The van der Waals surface area contributed by atoms with E-state index in [9.17, 15) is 5.11 Å². The number of aliphatic hydroxyl groups is 1. The standard InChI is InChI=1S/C11H15N3OS/c1-11(15,6-12)7-16-10-13-8-4-2-3-5-9(8)14-10/h2-5,15H,6-7,12H2,1H3,(H,13,14). The van der Waals surface area contributed by atoms with Gasteiger partial charge in [-0.05, 0) is 19.1 Å². The molecule has 0 saturated heterocycles. The van der Waals surface area contributed by atoms with Crippen LogP contribution in [0.1, 0.15) is 6.92 Å². The normalized spacial score (nSPS) is 15.2. The van der Waals surface area contributed by atoms with Crippen LogP contribution in [0.15, 0.2) is 29.4 Å². The van der Waals surface area contributed by atoms with Crippen molar-refractivity contribution in [3.05, 3.63) is 24.3 Å². The van der Waals surface area contributed by atoms with Gasteiger partial charge in [-0.2, -0.15) is 0 Å². The van der Waals surface area contributed by atoms with Gasteiger partial charge in [-0.1, -0.05) is 23.9 Å². The Kier molecular flexibility index (Phi) is 3.18. The number of nitrogens with zero attached hydrogens (tertiary/aromatic N) is 1. The van der Waals surface area contributed by atoms with Crippen LogP contribution in [-0.4, -0.2) is 33.0 Å². The molecule has 1 atom stereocenters. The quantitative estimate of drug-likeness (QED) is 0.702. The summed E-state index contributed by atoms with van der Waals surface area (Å²) in [6.07, 6.45) is 0. The fourth-order valence-electron chi connectivity index (χ4n) is 1.28. The molecule has 4 N–H and O–H groups in total. The van der Waals surface area contributed by atoms with Crippen LogP contribution in [0.2, 0.25) is 0 Å². The Bertz CT molecular complexity index is 448. The Morgan fingerprint density at radius 3 is 2.94 bits per heavy atom. The number of imidazole rings is 1. The molecule has 1 aromatic heterocycles. The highest BCUT2D eigenvalue weighted by molar-refractivity contribution is 7.99. The smallest absolute Gasteiger partial charge is 0.166 e. The zero-order chi connectivity index (χ0) is 11.6. The third-order valence-electron chi connectivity index (χ3n) is 2.33. The Morgan fingerprint density at radius 1 is 1.50 bits per heavy atom. The van der Waals surface area contributed by atoms with E-state index in [0.717, 1.165) is 16.2 Å². The van der Waals surface area contributed by atoms with Gasteiger partial charge < -0.3 is 15.8 Å². The number of fused-ring (bicyclic) bond motifs is 1. The van der Waals surface area contributed by atoms with E-state index in [4.69, 9.17) is 5.73 Å². The van der Waals surface area contributed by atoms with E-state index >= 15 is 0 Å². The average molecular weight is 237 g/mol. The maximum Gasteiger partial charge on any atom is 0.166 e. The second kappa shape index (κ2) is 4.45. The van der Waals surface area contributed by atoms with Gasteiger partial charge in [-0.15, -0.1) is 0 Å². The molecule has 0 spiro atoms. The summed E-state index contributed by atoms with van der Waals surface area (Å²) in [7, 11) is 0. The van der Waals surface area contributed by atoms with Crippen LogP contribution in [0.4, 0.5) is 0 Å². The number of para-hydroxylation sites is 2. The molecule has 86 valence electrons. The van der Waals surface area contributed by atoms with Crippen LogP contribution in [0.5, 0.6) is 0 Å². The largest absolute Gasteiger partial charge is 0.388 e. The molecule has 1 heterocycles. The zero-order valence-electron chi connectivity index (χ0n) is 9.10. The first kappa shape index (κ1) is 11.4. The minimum absolute atomic E-state index is 0.250. The van der Waals surface area contributed by atoms with Crippen LogP contribution in [0.25, 0.3) is 11.0 Å². The van der Waals surface area contributed by atoms with E-state index in [1.54, 1.807) is 6.92 Å². The molecular formula is C11H15N3OS. The summed E-state index contributed by atoms with van der Waals surface area (Å²) >= 11 is 1.48. The Labute approximate surface area is 98.3 Å². The first-order valence-corrected chi connectivity index (χ1v) is 6.09. The van der Waals surface area contributed by atoms with Crippen molar-refractivity contribution >= 4 is 22.8 Å². The fourth-order valence-corrected chi connectivity index (χ4v) is 2.19. The van der Waals surface area contributed by atoms with E-state index < -0.39 is 5.60 Å². The minimum atomic E-state index is -0.844. The summed E-state index contributed by atoms with van der Waals surface area (Å²) in [6.45, 7) is 1.98. The number of hydrogen-bond donors (Lipinski definition) is 3. The molecule has 2 rings (SSSR count). The third kappa shape index (κ3) is 2.55. The van der Waals surface area contributed by atoms with Crippen molar-refractivity contribution in [2.24, 2.45) is 5.73 Å². The van der Waals surface area contributed by atoms with Gasteiger partial charge in [-0.3, -0.25) is 0 Å². The summed E-state index contributed by atoms with van der Waals surface area (Å²) in [5.74, 6) is 0.531. The lowest BCUT2D eigenvalue weighted by molar-refractivity contribution is 0.0949. The van der Waals surface area contributed by atoms with Crippen LogP contribution in [0, 0.1) is 0 Å². The number of benzene rings is 1. The molecule has 0 fully saturated rings. The van der Waals surface area contributed by atoms with Gasteiger partial charge in [0.1, 0.15) is 0 Å². The fraction of sp³-hybridized carbons (Fsp3) is 0.364. The molecule has 16 heavy (non-hydrogen) atoms. The molecule has 5 heteroatoms. The predicted octanol–water partition coefficient (Wildman–Crippen LogP) is 1.36. The Morgan fingerprint density at radius 2 is 2.25 bits per heavy atom. The monoisotopic (exact) mass is 237 g/mol. The number of hydrogen-bond acceptors (Lipinski definition) is 4. The first-order valence-electron chi connectivity index (χ1n) is 5.11. The number of thioether (sulfide) groups is 1. The summed E-state index contributed by atoms with van der Waals surface area (Å²) in [4.78, 5) is 7.60. The van der Waals surface area contributed by atoms with Gasteiger partial charge in [0.25, 0.3) is 0 Å². The molecule has 0 aliphatic heterocycles. The van der Waals surface area contributed by atoms with Crippen molar-refractivity contribution in [3.8, 4) is 0 Å². The summed E-state index contributed by atoms with van der Waals surface area (Å²) in [5.41, 5.74) is 6.56. The molecule has 0 bridgehead atoms. The molecule has 0 aliphatic rings. The van der Waals surface area contributed by atoms with Crippen LogP contribution >= 0.6 is 11.8 Å². The van der Waals surface area contributed by atoms with Crippen molar-refractivity contribution in [2.45, 2.75) is 17.7 Å². The van der Waals surface area contributed by atoms with E-state index in [1.165, 1.54) is 11.8 Å². The van der Waals surface area contributed by atoms with Crippen LogP contribution in [0.3, 0.4) is 0 Å². The van der Waals surface area contributed by atoms with E-state index in [0.29, 0.717) is 5.75 Å². The van der Waals surface area contributed by atoms with Gasteiger partial charge in [0, 0.05) is 12.3 Å². The van der Waals surface area contributed by atoms with Gasteiger partial charge in [-0.25, -0.2) is 4.98 Å². The summed E-state index contributed by atoms with van der Waals surface area (Å²) in [6, 6.07) is 7.85. The molecule has 1 unspecified atom stereocenters. The maximum atomic E-state index is 9.77. The highest BCUT2D eigenvalue weighted by atomic mass is 32.2. The molecule has 1 aromatic carbocycles. The van der Waals surface area contributed by atoms with Gasteiger partial charge in [0.15, 0.2) is 5.16 Å². The molecule has 2 aromatic rings. The number of aromatic nitrogens is 2. The van der Waals surface area contributed by atoms with Crippen molar-refractivity contribution < 1.29 is 5.11 Å². The Balaban J connectivity index is 2.10. The van der Waals surface area contributed by atoms with Crippen molar-refractivity contribution in [2.75, 3.05) is 12.3 Å². The van der Waals surface area contributed by atoms with Gasteiger partial charge in [0.2, 0.25) is 0 Å². The van der Waals surface area contributed by atoms with E-state index in [-0.39, 0.29) is 6.54 Å². The molecule has 0 amide bonds. The number of H-pyrrole nitrogens is 1. The zero-order valence-corrected chi connectivity index (χ0v) is 9.92. The Hall–Kier alpha value is -1.04. The number of aromatic amines is 1. The average Bonchev–Trinajstić information content (AvgIpc) is 2.69. The van der Waals surface area contributed by atoms with Crippen LogP contribution < -0.4 is 5.73 Å². The van der Waals surface area contributed by atoms with E-state index in [1.807, 2.05) is 24.3 Å². The maximum absolute atomic E-state index is 9.77. The molecule has 4 nitrogen and oxygen atoms in total. The number of rotatable bonds is 4.